The van der Waals surface area contributed by atoms with Crippen molar-refractivity contribution in [2.45, 2.75) is 6.54 Å². The Labute approximate surface area is 96.5 Å². The number of halogens is 2. The van der Waals surface area contributed by atoms with Gasteiger partial charge in [-0.1, -0.05) is 29.7 Å². The maximum absolute atomic E-state index is 5.85. The predicted octanol–water partition coefficient (Wildman–Crippen LogP) is 2.83. The van der Waals surface area contributed by atoms with E-state index in [0.717, 1.165) is 11.6 Å². The molecule has 14 heavy (non-hydrogen) atoms. The topological polar surface area (TPSA) is 3.24 Å². The molecule has 0 aliphatic heterocycles. The standard InChI is InChI=1S/C11H12ClN.ClH/c1-3-7-13(2)9-10-5-4-6-11(12)8-10;/h1,4-6,8H,7,9H2,2H3;1H. The maximum atomic E-state index is 5.85. The quantitative estimate of drug-likeness (QED) is 0.721. The minimum Gasteiger partial charge on any atom is -0.291 e. The Morgan fingerprint density at radius 1 is 1.50 bits per heavy atom. The van der Waals surface area contributed by atoms with E-state index in [4.69, 9.17) is 18.0 Å². The number of hydrogen-bond donors (Lipinski definition) is 0. The molecule has 1 aromatic rings. The molecular formula is C11H13Cl2N. The summed E-state index contributed by atoms with van der Waals surface area (Å²) < 4.78 is 0. The zero-order valence-electron chi connectivity index (χ0n) is 8.03. The van der Waals surface area contributed by atoms with Crippen LogP contribution in [0.25, 0.3) is 0 Å². The molecule has 0 saturated heterocycles. The highest BCUT2D eigenvalue weighted by Crippen LogP contribution is 2.11. The van der Waals surface area contributed by atoms with Crippen LogP contribution >= 0.6 is 24.0 Å². The highest BCUT2D eigenvalue weighted by atomic mass is 35.5. The van der Waals surface area contributed by atoms with Crippen LogP contribution in [0, 0.1) is 12.3 Å². The number of nitrogens with zero attached hydrogens (tertiary/aromatic N) is 1. The van der Waals surface area contributed by atoms with Gasteiger partial charge in [-0.3, -0.25) is 4.90 Å². The summed E-state index contributed by atoms with van der Waals surface area (Å²) in [5.74, 6) is 2.60. The van der Waals surface area contributed by atoms with E-state index in [1.165, 1.54) is 5.56 Å². The second-order valence-electron chi connectivity index (χ2n) is 3.01. The first-order valence-electron chi connectivity index (χ1n) is 4.09. The minimum atomic E-state index is 0. The molecule has 0 fully saturated rings. The van der Waals surface area contributed by atoms with Crippen LogP contribution in [0.15, 0.2) is 24.3 Å². The molecule has 0 aliphatic carbocycles. The van der Waals surface area contributed by atoms with Gasteiger partial charge < -0.3 is 0 Å². The summed E-state index contributed by atoms with van der Waals surface area (Å²) in [6, 6.07) is 7.81. The average Bonchev–Trinajstić information content (AvgIpc) is 2.04. The summed E-state index contributed by atoms with van der Waals surface area (Å²) in [4.78, 5) is 2.06. The first kappa shape index (κ1) is 13.3. The lowest BCUT2D eigenvalue weighted by Gasteiger charge is -2.12. The minimum absolute atomic E-state index is 0. The van der Waals surface area contributed by atoms with E-state index in [-0.39, 0.29) is 12.4 Å². The van der Waals surface area contributed by atoms with Gasteiger partial charge in [0.1, 0.15) is 0 Å². The van der Waals surface area contributed by atoms with Gasteiger partial charge in [0.2, 0.25) is 0 Å². The molecule has 0 radical (unpaired) electrons. The van der Waals surface area contributed by atoms with E-state index in [1.807, 2.05) is 31.3 Å². The zero-order valence-corrected chi connectivity index (χ0v) is 9.61. The lowest BCUT2D eigenvalue weighted by atomic mass is 10.2. The van der Waals surface area contributed by atoms with Gasteiger partial charge in [0.05, 0.1) is 6.54 Å². The van der Waals surface area contributed by atoms with Gasteiger partial charge in [0, 0.05) is 11.6 Å². The van der Waals surface area contributed by atoms with Gasteiger partial charge in [-0.2, -0.15) is 0 Å². The van der Waals surface area contributed by atoms with E-state index in [0.29, 0.717) is 6.54 Å². The summed E-state index contributed by atoms with van der Waals surface area (Å²) in [6.45, 7) is 1.50. The fourth-order valence-corrected chi connectivity index (χ4v) is 1.37. The van der Waals surface area contributed by atoms with Crippen LogP contribution in [0.5, 0.6) is 0 Å². The Balaban J connectivity index is 0.00000169. The van der Waals surface area contributed by atoms with Gasteiger partial charge in [-0.15, -0.1) is 18.8 Å². The molecule has 76 valence electrons. The Hall–Kier alpha value is -0.680. The third kappa shape index (κ3) is 4.53. The van der Waals surface area contributed by atoms with Gasteiger partial charge >= 0.3 is 0 Å². The van der Waals surface area contributed by atoms with Crippen LogP contribution in [-0.2, 0) is 6.54 Å². The van der Waals surface area contributed by atoms with Crippen molar-refractivity contribution in [2.24, 2.45) is 0 Å². The third-order valence-electron chi connectivity index (χ3n) is 1.70. The molecule has 0 aromatic heterocycles. The van der Waals surface area contributed by atoms with Crippen molar-refractivity contribution < 1.29 is 0 Å². The SMILES string of the molecule is C#CCN(C)Cc1cccc(Cl)c1.Cl. The second kappa shape index (κ2) is 6.73. The lowest BCUT2D eigenvalue weighted by Crippen LogP contribution is -2.17. The Morgan fingerprint density at radius 2 is 2.21 bits per heavy atom. The number of rotatable bonds is 3. The molecule has 0 unspecified atom stereocenters. The second-order valence-corrected chi connectivity index (χ2v) is 3.44. The van der Waals surface area contributed by atoms with E-state index in [2.05, 4.69) is 10.8 Å². The van der Waals surface area contributed by atoms with Crippen molar-refractivity contribution in [3.05, 3.63) is 34.9 Å². The molecule has 1 nitrogen and oxygen atoms in total. The van der Waals surface area contributed by atoms with Gasteiger partial charge in [0.25, 0.3) is 0 Å². The summed E-state index contributed by atoms with van der Waals surface area (Å²) in [5.41, 5.74) is 1.19. The van der Waals surface area contributed by atoms with Crippen LogP contribution < -0.4 is 0 Å². The first-order chi connectivity index (χ1) is 6.22. The molecular weight excluding hydrogens is 217 g/mol. The molecule has 0 bridgehead atoms. The first-order valence-corrected chi connectivity index (χ1v) is 4.46. The van der Waals surface area contributed by atoms with Crippen molar-refractivity contribution in [1.82, 2.24) is 4.90 Å². The fourth-order valence-electron chi connectivity index (χ4n) is 1.16. The highest BCUT2D eigenvalue weighted by molar-refractivity contribution is 6.30. The fraction of sp³-hybridized carbons (Fsp3) is 0.273. The molecule has 3 heteroatoms. The molecule has 0 N–H and O–H groups in total. The molecule has 0 aliphatic rings. The monoisotopic (exact) mass is 229 g/mol. The number of benzene rings is 1. The van der Waals surface area contributed by atoms with Crippen LogP contribution in [0.3, 0.4) is 0 Å². The maximum Gasteiger partial charge on any atom is 0.0599 e. The molecule has 1 aromatic carbocycles. The van der Waals surface area contributed by atoms with Gasteiger partial charge in [-0.05, 0) is 24.7 Å². The van der Waals surface area contributed by atoms with Crippen molar-refractivity contribution in [3.63, 3.8) is 0 Å². The largest absolute Gasteiger partial charge is 0.291 e. The van der Waals surface area contributed by atoms with E-state index in [9.17, 15) is 0 Å². The zero-order chi connectivity index (χ0) is 9.68. The highest BCUT2D eigenvalue weighted by Gasteiger charge is 1.98. The van der Waals surface area contributed by atoms with Crippen LogP contribution in [0.2, 0.25) is 5.02 Å². The van der Waals surface area contributed by atoms with E-state index in [1.54, 1.807) is 0 Å². The van der Waals surface area contributed by atoms with Crippen LogP contribution in [-0.4, -0.2) is 18.5 Å². The molecule has 0 heterocycles. The van der Waals surface area contributed by atoms with Crippen molar-refractivity contribution in [2.75, 3.05) is 13.6 Å². The number of hydrogen-bond acceptors (Lipinski definition) is 1. The molecule has 0 spiro atoms. The Morgan fingerprint density at radius 3 is 2.79 bits per heavy atom. The van der Waals surface area contributed by atoms with Crippen LogP contribution in [0.4, 0.5) is 0 Å². The molecule has 0 atom stereocenters. The number of terminal acetylenes is 1. The van der Waals surface area contributed by atoms with Crippen molar-refractivity contribution in [1.29, 1.82) is 0 Å². The Bertz CT molecular complexity index is 317. The summed E-state index contributed by atoms with van der Waals surface area (Å²) in [5, 5.41) is 0.770. The average molecular weight is 230 g/mol. The molecule has 1 rings (SSSR count). The van der Waals surface area contributed by atoms with Crippen molar-refractivity contribution >= 4 is 24.0 Å². The summed E-state index contributed by atoms with van der Waals surface area (Å²) in [6.07, 6.45) is 5.20. The molecule has 0 amide bonds. The summed E-state index contributed by atoms with van der Waals surface area (Å²) in [7, 11) is 1.99. The van der Waals surface area contributed by atoms with Gasteiger partial charge in [0.15, 0.2) is 0 Å². The molecule has 0 saturated carbocycles. The normalized spacial score (nSPS) is 9.29. The summed E-state index contributed by atoms with van der Waals surface area (Å²) >= 11 is 5.85. The van der Waals surface area contributed by atoms with Gasteiger partial charge in [-0.25, -0.2) is 0 Å². The van der Waals surface area contributed by atoms with E-state index >= 15 is 0 Å². The Kier molecular flexibility index (Phi) is 6.40. The predicted molar refractivity (Wildman–Crippen MR) is 63.9 cm³/mol. The lowest BCUT2D eigenvalue weighted by molar-refractivity contribution is 0.369. The smallest absolute Gasteiger partial charge is 0.0599 e. The van der Waals surface area contributed by atoms with Crippen molar-refractivity contribution in [3.8, 4) is 12.3 Å². The van der Waals surface area contributed by atoms with E-state index < -0.39 is 0 Å². The van der Waals surface area contributed by atoms with Crippen LogP contribution in [0.1, 0.15) is 5.56 Å². The third-order valence-corrected chi connectivity index (χ3v) is 1.94.